The fraction of sp³-hybridized carbons (Fsp3) is 0.625. The predicted octanol–water partition coefficient (Wildman–Crippen LogP) is 2.14. The summed E-state index contributed by atoms with van der Waals surface area (Å²) in [5.41, 5.74) is -2.19. The highest BCUT2D eigenvalue weighted by molar-refractivity contribution is 5.77. The quantitative estimate of drug-likeness (QED) is 0.894. The van der Waals surface area contributed by atoms with Gasteiger partial charge in [-0.25, -0.2) is 4.98 Å². The number of alkyl halides is 3. The SMILES string of the molecule is CCCC(=O)N1CCN2c3ncc(C(F)(F)F)cc3C(C)(O)C2C1. The minimum Gasteiger partial charge on any atom is -0.383 e. The first-order valence-electron chi connectivity index (χ1n) is 8.00. The van der Waals surface area contributed by atoms with Crippen molar-refractivity contribution in [1.29, 1.82) is 0 Å². The number of carbonyl (C=O) groups excluding carboxylic acids is 1. The molecule has 1 amide bonds. The van der Waals surface area contributed by atoms with E-state index in [4.69, 9.17) is 0 Å². The summed E-state index contributed by atoms with van der Waals surface area (Å²) >= 11 is 0. The van der Waals surface area contributed by atoms with Gasteiger partial charge in [0.05, 0.1) is 11.6 Å². The van der Waals surface area contributed by atoms with Crippen LogP contribution < -0.4 is 4.90 Å². The number of rotatable bonds is 2. The molecule has 0 spiro atoms. The van der Waals surface area contributed by atoms with E-state index in [0.29, 0.717) is 25.3 Å². The monoisotopic (exact) mass is 343 g/mol. The van der Waals surface area contributed by atoms with E-state index in [1.165, 1.54) is 6.92 Å². The molecule has 1 aromatic rings. The van der Waals surface area contributed by atoms with Crippen molar-refractivity contribution < 1.29 is 23.1 Å². The van der Waals surface area contributed by atoms with E-state index in [0.717, 1.165) is 18.7 Å². The van der Waals surface area contributed by atoms with Crippen LogP contribution in [-0.2, 0) is 16.6 Å². The smallest absolute Gasteiger partial charge is 0.383 e. The molecule has 8 heteroatoms. The Kier molecular flexibility index (Phi) is 3.98. The summed E-state index contributed by atoms with van der Waals surface area (Å²) in [6.45, 7) is 4.61. The first kappa shape index (κ1) is 17.0. The van der Waals surface area contributed by atoms with Gasteiger partial charge < -0.3 is 14.9 Å². The lowest BCUT2D eigenvalue weighted by molar-refractivity contribution is -0.138. The molecule has 2 atom stereocenters. The Morgan fingerprint density at radius 3 is 2.79 bits per heavy atom. The number of anilines is 1. The molecule has 0 aromatic carbocycles. The first-order valence-corrected chi connectivity index (χ1v) is 8.00. The van der Waals surface area contributed by atoms with E-state index in [2.05, 4.69) is 4.98 Å². The summed E-state index contributed by atoms with van der Waals surface area (Å²) in [7, 11) is 0. The Hall–Kier alpha value is -1.83. The molecule has 0 bridgehead atoms. The summed E-state index contributed by atoms with van der Waals surface area (Å²) in [6, 6.07) is 0.483. The van der Waals surface area contributed by atoms with Crippen LogP contribution in [0.15, 0.2) is 12.3 Å². The van der Waals surface area contributed by atoms with Crippen LogP contribution in [0.4, 0.5) is 19.0 Å². The van der Waals surface area contributed by atoms with Crippen molar-refractivity contribution in [2.75, 3.05) is 24.5 Å². The number of aromatic nitrogens is 1. The molecule has 3 heterocycles. The van der Waals surface area contributed by atoms with Crippen molar-refractivity contribution >= 4 is 11.7 Å². The van der Waals surface area contributed by atoms with Gasteiger partial charge in [-0.1, -0.05) is 6.92 Å². The number of fused-ring (bicyclic) bond motifs is 3. The van der Waals surface area contributed by atoms with Crippen LogP contribution in [0.5, 0.6) is 0 Å². The van der Waals surface area contributed by atoms with Crippen LogP contribution >= 0.6 is 0 Å². The lowest BCUT2D eigenvalue weighted by Gasteiger charge is -2.42. The van der Waals surface area contributed by atoms with Gasteiger partial charge in [-0.15, -0.1) is 0 Å². The molecule has 0 radical (unpaired) electrons. The molecule has 2 aliphatic rings. The van der Waals surface area contributed by atoms with Gasteiger partial charge in [-0.3, -0.25) is 4.79 Å². The molecular formula is C16H20F3N3O2. The lowest BCUT2D eigenvalue weighted by atomic mass is 9.90. The summed E-state index contributed by atoms with van der Waals surface area (Å²) < 4.78 is 38.8. The third-order valence-electron chi connectivity index (χ3n) is 4.86. The minimum atomic E-state index is -4.51. The normalized spacial score (nSPS) is 26.3. The maximum absolute atomic E-state index is 12.9. The highest BCUT2D eigenvalue weighted by atomic mass is 19.4. The van der Waals surface area contributed by atoms with E-state index in [1.807, 2.05) is 11.8 Å². The van der Waals surface area contributed by atoms with Gasteiger partial charge in [0, 0.05) is 37.8 Å². The lowest BCUT2D eigenvalue weighted by Crippen LogP contribution is -2.58. The van der Waals surface area contributed by atoms with E-state index < -0.39 is 23.4 Å². The van der Waals surface area contributed by atoms with Gasteiger partial charge in [-0.05, 0) is 19.4 Å². The zero-order valence-electron chi connectivity index (χ0n) is 13.6. The van der Waals surface area contributed by atoms with E-state index in [-0.39, 0.29) is 18.0 Å². The van der Waals surface area contributed by atoms with Crippen LogP contribution in [0.3, 0.4) is 0 Å². The molecule has 2 unspecified atom stereocenters. The molecule has 5 nitrogen and oxygen atoms in total. The highest BCUT2D eigenvalue weighted by Crippen LogP contribution is 2.45. The minimum absolute atomic E-state index is 0.00726. The largest absolute Gasteiger partial charge is 0.417 e. The first-order chi connectivity index (χ1) is 11.2. The summed E-state index contributed by atoms with van der Waals surface area (Å²) in [4.78, 5) is 19.6. The fourth-order valence-corrected chi connectivity index (χ4v) is 3.51. The average molecular weight is 343 g/mol. The number of aliphatic hydroxyl groups is 1. The number of pyridine rings is 1. The second kappa shape index (κ2) is 5.61. The van der Waals surface area contributed by atoms with Crippen molar-refractivity contribution in [3.8, 4) is 0 Å². The summed E-state index contributed by atoms with van der Waals surface area (Å²) in [5, 5.41) is 10.9. The van der Waals surface area contributed by atoms with Crippen molar-refractivity contribution in [2.24, 2.45) is 0 Å². The van der Waals surface area contributed by atoms with Crippen LogP contribution in [0, 0.1) is 0 Å². The molecule has 24 heavy (non-hydrogen) atoms. The Labute approximate surface area is 138 Å². The van der Waals surface area contributed by atoms with E-state index in [9.17, 15) is 23.1 Å². The predicted molar refractivity (Wildman–Crippen MR) is 81.4 cm³/mol. The van der Waals surface area contributed by atoms with Gasteiger partial charge >= 0.3 is 6.18 Å². The number of carbonyl (C=O) groups is 1. The zero-order valence-corrected chi connectivity index (χ0v) is 13.6. The Balaban J connectivity index is 1.93. The van der Waals surface area contributed by atoms with Crippen molar-refractivity contribution in [3.05, 3.63) is 23.4 Å². The molecule has 0 aliphatic carbocycles. The van der Waals surface area contributed by atoms with Gasteiger partial charge in [0.25, 0.3) is 0 Å². The van der Waals surface area contributed by atoms with E-state index in [1.54, 1.807) is 4.90 Å². The molecule has 1 fully saturated rings. The van der Waals surface area contributed by atoms with Crippen LogP contribution in [-0.4, -0.2) is 46.6 Å². The second-order valence-electron chi connectivity index (χ2n) is 6.54. The highest BCUT2D eigenvalue weighted by Gasteiger charge is 2.51. The number of hydrogen-bond donors (Lipinski definition) is 1. The van der Waals surface area contributed by atoms with Crippen LogP contribution in [0.2, 0.25) is 0 Å². The van der Waals surface area contributed by atoms with Gasteiger partial charge in [0.2, 0.25) is 5.91 Å². The second-order valence-corrected chi connectivity index (χ2v) is 6.54. The topological polar surface area (TPSA) is 56.7 Å². The Bertz CT molecular complexity index is 660. The standard InChI is InChI=1S/C16H20F3N3O2/c1-3-4-13(23)21-5-6-22-12(9-21)15(2,24)11-7-10(16(17,18)19)8-20-14(11)22/h7-8,12,24H,3-6,9H2,1-2H3. The number of piperazine rings is 1. The van der Waals surface area contributed by atoms with Gasteiger partial charge in [0.1, 0.15) is 11.4 Å². The van der Waals surface area contributed by atoms with Crippen molar-refractivity contribution in [2.45, 2.75) is 44.5 Å². The number of amides is 1. The van der Waals surface area contributed by atoms with Gasteiger partial charge in [0.15, 0.2) is 0 Å². The molecule has 132 valence electrons. The zero-order chi connectivity index (χ0) is 17.7. The molecule has 1 N–H and O–H groups in total. The number of halogens is 3. The Morgan fingerprint density at radius 1 is 1.46 bits per heavy atom. The summed E-state index contributed by atoms with van der Waals surface area (Å²) in [5.74, 6) is 0.383. The van der Waals surface area contributed by atoms with Crippen molar-refractivity contribution in [1.82, 2.24) is 9.88 Å². The average Bonchev–Trinajstić information content (AvgIpc) is 2.74. The third-order valence-corrected chi connectivity index (χ3v) is 4.86. The fourth-order valence-electron chi connectivity index (χ4n) is 3.51. The summed E-state index contributed by atoms with van der Waals surface area (Å²) in [6.07, 6.45) is -2.55. The molecule has 1 aromatic heterocycles. The Morgan fingerprint density at radius 2 is 2.17 bits per heavy atom. The van der Waals surface area contributed by atoms with Crippen LogP contribution in [0.25, 0.3) is 0 Å². The molecule has 0 saturated carbocycles. The number of nitrogens with zero attached hydrogens (tertiary/aromatic N) is 3. The maximum Gasteiger partial charge on any atom is 0.417 e. The molecular weight excluding hydrogens is 323 g/mol. The van der Waals surface area contributed by atoms with Crippen molar-refractivity contribution in [3.63, 3.8) is 0 Å². The molecule has 2 aliphatic heterocycles. The molecule has 3 rings (SSSR count). The third kappa shape index (κ3) is 2.62. The van der Waals surface area contributed by atoms with Crippen LogP contribution in [0.1, 0.15) is 37.8 Å². The van der Waals surface area contributed by atoms with E-state index >= 15 is 0 Å². The number of hydrogen-bond acceptors (Lipinski definition) is 4. The van der Waals surface area contributed by atoms with Gasteiger partial charge in [-0.2, -0.15) is 13.2 Å². The maximum atomic E-state index is 12.9. The molecule has 1 saturated heterocycles.